The number of halogens is 3. The highest BCUT2D eigenvalue weighted by atomic mass is 19.4. The summed E-state index contributed by atoms with van der Waals surface area (Å²) in [6, 6.07) is 10.3. The topological polar surface area (TPSA) is 88.9 Å². The Hall–Kier alpha value is -3.82. The van der Waals surface area contributed by atoms with E-state index in [-0.39, 0.29) is 30.0 Å². The molecule has 0 bridgehead atoms. The van der Waals surface area contributed by atoms with Crippen molar-refractivity contribution in [1.82, 2.24) is 10.2 Å². The maximum Gasteiger partial charge on any atom is 0.417 e. The van der Waals surface area contributed by atoms with Crippen LogP contribution in [0.2, 0.25) is 0 Å². The molecule has 2 heterocycles. The highest BCUT2D eigenvalue weighted by molar-refractivity contribution is 6.07. The Balaban J connectivity index is 1.41. The molecule has 2 aromatic carbocycles. The van der Waals surface area contributed by atoms with Crippen molar-refractivity contribution in [3.8, 4) is 5.75 Å². The first kappa shape index (κ1) is 29.2. The van der Waals surface area contributed by atoms with E-state index in [1.165, 1.54) is 17.0 Å². The molecule has 4 rings (SSSR count). The second-order valence-electron chi connectivity index (χ2n) is 10.5. The molecule has 0 radical (unpaired) electrons. The van der Waals surface area contributed by atoms with Crippen LogP contribution < -0.4 is 15.7 Å². The Morgan fingerprint density at radius 1 is 1.05 bits per heavy atom. The molecule has 0 aliphatic carbocycles. The molecule has 1 saturated heterocycles. The zero-order valence-electron chi connectivity index (χ0n) is 23.0. The van der Waals surface area contributed by atoms with Gasteiger partial charge in [0.15, 0.2) is 0 Å². The van der Waals surface area contributed by atoms with Gasteiger partial charge >= 0.3 is 17.8 Å². The second kappa shape index (κ2) is 11.3. The quantitative estimate of drug-likeness (QED) is 0.174. The predicted molar refractivity (Wildman–Crippen MR) is 144 cm³/mol. The normalized spacial score (nSPS) is 17.6. The van der Waals surface area contributed by atoms with Crippen LogP contribution in [0.25, 0.3) is 11.0 Å². The van der Waals surface area contributed by atoms with Crippen LogP contribution in [0, 0.1) is 0 Å². The summed E-state index contributed by atoms with van der Waals surface area (Å²) >= 11 is 0. The molecular weight excluding hydrogens is 525 g/mol. The number of benzene rings is 2. The summed E-state index contributed by atoms with van der Waals surface area (Å²) in [6.07, 6.45) is -2.80. The van der Waals surface area contributed by atoms with Crippen LogP contribution in [-0.4, -0.2) is 30.0 Å². The number of urea groups is 1. The minimum atomic E-state index is -4.70. The zero-order valence-corrected chi connectivity index (χ0v) is 23.0. The summed E-state index contributed by atoms with van der Waals surface area (Å²) < 4.78 is 51.6. The number of carbonyl (C=O) groups is 2. The number of fused-ring (bicyclic) bond motifs is 1. The van der Waals surface area contributed by atoms with Crippen LogP contribution in [0.3, 0.4) is 0 Å². The van der Waals surface area contributed by atoms with E-state index in [9.17, 15) is 27.6 Å². The molecule has 1 aromatic heterocycles. The molecule has 1 aliphatic rings. The fraction of sp³-hybridized carbons (Fsp3) is 0.433. The lowest BCUT2D eigenvalue weighted by Crippen LogP contribution is -2.41. The monoisotopic (exact) mass is 558 g/mol. The average Bonchev–Trinajstić information content (AvgIpc) is 3.12. The van der Waals surface area contributed by atoms with E-state index in [0.29, 0.717) is 54.5 Å². The first-order chi connectivity index (χ1) is 18.9. The van der Waals surface area contributed by atoms with E-state index in [2.05, 4.69) is 19.2 Å². The number of hydrogen-bond donors (Lipinski definition) is 1. The van der Waals surface area contributed by atoms with E-state index in [4.69, 9.17) is 9.15 Å². The van der Waals surface area contributed by atoms with E-state index in [1.807, 2.05) is 31.2 Å². The lowest BCUT2D eigenvalue weighted by atomic mass is 9.90. The molecule has 7 nitrogen and oxygen atoms in total. The van der Waals surface area contributed by atoms with Crippen LogP contribution in [0.1, 0.15) is 75.1 Å². The minimum absolute atomic E-state index is 0.126. The Morgan fingerprint density at radius 2 is 1.75 bits per heavy atom. The minimum Gasteiger partial charge on any atom is -0.493 e. The number of nitrogens with zero attached hydrogens (tertiary/aromatic N) is 1. The van der Waals surface area contributed by atoms with Gasteiger partial charge < -0.3 is 14.5 Å². The van der Waals surface area contributed by atoms with Crippen LogP contribution >= 0.6 is 0 Å². The molecule has 10 heteroatoms. The summed E-state index contributed by atoms with van der Waals surface area (Å²) in [7, 11) is 0. The number of unbranched alkanes of at least 4 members (excludes halogenated alkanes) is 1. The fourth-order valence-corrected chi connectivity index (χ4v) is 4.97. The average molecular weight is 559 g/mol. The number of nitrogens with one attached hydrogen (secondary N) is 1. The maximum absolute atomic E-state index is 13.5. The van der Waals surface area contributed by atoms with E-state index in [0.717, 1.165) is 5.56 Å². The molecule has 40 heavy (non-hydrogen) atoms. The number of hydrogen-bond acceptors (Lipinski definition) is 5. The summed E-state index contributed by atoms with van der Waals surface area (Å²) in [5.41, 5.74) is -1.15. The van der Waals surface area contributed by atoms with Crippen molar-refractivity contribution in [3.05, 3.63) is 75.1 Å². The van der Waals surface area contributed by atoms with Crippen molar-refractivity contribution in [2.75, 3.05) is 13.2 Å². The SMILES string of the molecule is CCCc1c(OCCCCN2C(=O)NC(C)(c3ccc(C(C)C)cc3)C2=O)ccc2c(C(F)(F)F)cc(=O)oc12. The molecule has 1 aliphatic heterocycles. The van der Waals surface area contributed by atoms with Gasteiger partial charge in [-0.1, -0.05) is 51.5 Å². The van der Waals surface area contributed by atoms with Gasteiger partial charge in [-0.3, -0.25) is 9.69 Å². The standard InChI is InChI=1S/C30H33F3N2O5/c1-5-8-22-24(14-13-21-23(30(31,32)33)17-25(36)40-26(21)22)39-16-7-6-15-35-27(37)29(4,34-28(35)38)20-11-9-19(10-12-20)18(2)3/h9-14,17-18H,5-8,15-16H2,1-4H3,(H,34,38). The van der Waals surface area contributed by atoms with Crippen molar-refractivity contribution in [2.45, 2.75) is 71.0 Å². The van der Waals surface area contributed by atoms with Gasteiger partial charge in [-0.25, -0.2) is 9.59 Å². The van der Waals surface area contributed by atoms with Gasteiger partial charge in [-0.15, -0.1) is 0 Å². The van der Waals surface area contributed by atoms with Gasteiger partial charge in [0.1, 0.15) is 16.9 Å². The van der Waals surface area contributed by atoms with Gasteiger partial charge in [-0.05, 0) is 55.4 Å². The molecular formula is C30H33F3N2O5. The molecule has 1 atom stereocenters. The van der Waals surface area contributed by atoms with Crippen LogP contribution in [0.4, 0.5) is 18.0 Å². The smallest absolute Gasteiger partial charge is 0.417 e. The molecule has 1 N–H and O–H groups in total. The van der Waals surface area contributed by atoms with E-state index in [1.54, 1.807) is 6.92 Å². The van der Waals surface area contributed by atoms with Crippen molar-refractivity contribution in [1.29, 1.82) is 0 Å². The zero-order chi connectivity index (χ0) is 29.2. The molecule has 214 valence electrons. The Bertz CT molecular complexity index is 1460. The van der Waals surface area contributed by atoms with Gasteiger partial charge in [0, 0.05) is 23.6 Å². The van der Waals surface area contributed by atoms with Gasteiger partial charge in [0.05, 0.1) is 12.2 Å². The molecule has 1 fully saturated rings. The Morgan fingerprint density at radius 3 is 2.38 bits per heavy atom. The van der Waals surface area contributed by atoms with Gasteiger partial charge in [0.2, 0.25) is 0 Å². The number of alkyl halides is 3. The lowest BCUT2D eigenvalue weighted by Gasteiger charge is -2.23. The highest BCUT2D eigenvalue weighted by Crippen LogP contribution is 2.37. The third kappa shape index (κ3) is 5.71. The van der Waals surface area contributed by atoms with Crippen molar-refractivity contribution >= 4 is 22.9 Å². The fourth-order valence-electron chi connectivity index (χ4n) is 4.97. The summed E-state index contributed by atoms with van der Waals surface area (Å²) in [4.78, 5) is 39.0. The van der Waals surface area contributed by atoms with Crippen molar-refractivity contribution in [3.63, 3.8) is 0 Å². The van der Waals surface area contributed by atoms with Gasteiger partial charge in [-0.2, -0.15) is 13.2 Å². The van der Waals surface area contributed by atoms with E-state index >= 15 is 0 Å². The number of amides is 3. The molecule has 0 saturated carbocycles. The Kier molecular flexibility index (Phi) is 8.28. The molecule has 3 aromatic rings. The summed E-state index contributed by atoms with van der Waals surface area (Å²) in [5, 5.41) is 2.62. The molecule has 3 amide bonds. The van der Waals surface area contributed by atoms with Crippen LogP contribution in [0.5, 0.6) is 5.75 Å². The number of imide groups is 1. The number of ether oxygens (including phenoxy) is 1. The number of aryl methyl sites for hydroxylation is 1. The molecule has 0 spiro atoms. The van der Waals surface area contributed by atoms with E-state index < -0.39 is 28.9 Å². The highest BCUT2D eigenvalue weighted by Gasteiger charge is 2.48. The largest absolute Gasteiger partial charge is 0.493 e. The Labute approximate surface area is 230 Å². The molecule has 1 unspecified atom stereocenters. The second-order valence-corrected chi connectivity index (χ2v) is 10.5. The maximum atomic E-state index is 13.5. The first-order valence-corrected chi connectivity index (χ1v) is 13.4. The third-order valence-electron chi connectivity index (χ3n) is 7.24. The lowest BCUT2D eigenvalue weighted by molar-refractivity contribution is -0.136. The van der Waals surface area contributed by atoms with Gasteiger partial charge in [0.25, 0.3) is 5.91 Å². The number of rotatable bonds is 10. The summed E-state index contributed by atoms with van der Waals surface area (Å²) in [6.45, 7) is 8.10. The predicted octanol–water partition coefficient (Wildman–Crippen LogP) is 6.51. The van der Waals surface area contributed by atoms with Crippen LogP contribution in [-0.2, 0) is 22.9 Å². The van der Waals surface area contributed by atoms with Crippen LogP contribution in [0.15, 0.2) is 51.7 Å². The first-order valence-electron chi connectivity index (χ1n) is 13.4. The van der Waals surface area contributed by atoms with Crippen molar-refractivity contribution < 1.29 is 31.9 Å². The summed E-state index contributed by atoms with van der Waals surface area (Å²) in [5.74, 6) is 0.355. The third-order valence-corrected chi connectivity index (χ3v) is 7.24. The van der Waals surface area contributed by atoms with Crippen molar-refractivity contribution in [2.24, 2.45) is 0 Å². The number of carbonyl (C=O) groups excluding carboxylic acids is 2.